The first kappa shape index (κ1) is 32.6. The second-order valence-electron chi connectivity index (χ2n) is 13.2. The van der Waals surface area contributed by atoms with Crippen molar-refractivity contribution in [1.82, 2.24) is 21.3 Å². The summed E-state index contributed by atoms with van der Waals surface area (Å²) in [6.07, 6.45) is 7.83. The molecule has 3 fully saturated rings. The van der Waals surface area contributed by atoms with Gasteiger partial charge in [0.2, 0.25) is 11.8 Å². The largest absolute Gasteiger partial charge is 0.381 e. The Morgan fingerprint density at radius 1 is 0.957 bits per heavy atom. The van der Waals surface area contributed by atoms with Crippen molar-refractivity contribution >= 4 is 39.1 Å². The third-order valence-electron chi connectivity index (χ3n) is 10.1. The smallest absolute Gasteiger partial charge is 0.262 e. The van der Waals surface area contributed by atoms with E-state index < -0.39 is 11.6 Å². The Balaban J connectivity index is 1.20. The van der Waals surface area contributed by atoms with E-state index in [2.05, 4.69) is 21.3 Å². The summed E-state index contributed by atoms with van der Waals surface area (Å²) in [6, 6.07) is 15.1. The molecule has 6 rings (SSSR count). The molecule has 2 saturated heterocycles. The molecule has 4 N–H and O–H groups in total. The van der Waals surface area contributed by atoms with Crippen LogP contribution in [0.4, 0.5) is 4.39 Å². The number of amides is 3. The Morgan fingerprint density at radius 3 is 2.43 bits per heavy atom. The predicted octanol–water partition coefficient (Wildman–Crippen LogP) is 5.11. The number of carbonyl (C=O) groups excluding carboxylic acids is 3. The fraction of sp³-hybridized carbons (Fsp3) is 0.528. The molecule has 2 aromatic carbocycles. The molecule has 246 valence electrons. The summed E-state index contributed by atoms with van der Waals surface area (Å²) in [5, 5.41) is 13.8. The number of hydrogen-bond donors (Lipinski definition) is 4. The van der Waals surface area contributed by atoms with Crippen LogP contribution in [0.25, 0.3) is 10.1 Å². The van der Waals surface area contributed by atoms with Gasteiger partial charge in [-0.3, -0.25) is 14.4 Å². The van der Waals surface area contributed by atoms with Crippen LogP contribution in [0.15, 0.2) is 54.6 Å². The highest BCUT2D eigenvalue weighted by Crippen LogP contribution is 2.33. The van der Waals surface area contributed by atoms with Gasteiger partial charge in [0.1, 0.15) is 17.4 Å². The molecule has 3 aromatic rings. The molecular formula is C36H45FN4O4S. The second-order valence-corrected chi connectivity index (χ2v) is 14.3. The van der Waals surface area contributed by atoms with Gasteiger partial charge in [0.25, 0.3) is 5.91 Å². The lowest BCUT2D eigenvalue weighted by Gasteiger charge is -2.36. The zero-order valence-electron chi connectivity index (χ0n) is 26.3. The molecule has 3 heterocycles. The van der Waals surface area contributed by atoms with E-state index in [-0.39, 0.29) is 29.6 Å². The van der Waals surface area contributed by atoms with Gasteiger partial charge in [0.05, 0.1) is 4.88 Å². The number of fused-ring (bicyclic) bond motifs is 1. The molecule has 8 nitrogen and oxygen atoms in total. The molecule has 0 spiro atoms. The molecule has 1 saturated carbocycles. The van der Waals surface area contributed by atoms with Crippen LogP contribution < -0.4 is 21.3 Å². The summed E-state index contributed by atoms with van der Waals surface area (Å²) in [7, 11) is 0. The quantitative estimate of drug-likeness (QED) is 0.231. The minimum Gasteiger partial charge on any atom is -0.381 e. The van der Waals surface area contributed by atoms with Crippen LogP contribution in [0.5, 0.6) is 0 Å². The molecule has 46 heavy (non-hydrogen) atoms. The van der Waals surface area contributed by atoms with Gasteiger partial charge in [0.15, 0.2) is 0 Å². The average Bonchev–Trinajstić information content (AvgIpc) is 3.73. The van der Waals surface area contributed by atoms with Crippen molar-refractivity contribution in [1.29, 1.82) is 0 Å². The van der Waals surface area contributed by atoms with E-state index in [1.165, 1.54) is 23.5 Å². The SMILES string of the molecule is O=C(NC1(C(=O)NC(Cc2ccccc2)C(=O)N[C@H](CC2CCOCC2)C2CCNCC2)CCCC1)c1cc2ccc(F)cc2s1. The fourth-order valence-electron chi connectivity index (χ4n) is 7.38. The summed E-state index contributed by atoms with van der Waals surface area (Å²) in [4.78, 5) is 42.3. The Hall–Kier alpha value is -3.34. The van der Waals surface area contributed by atoms with Gasteiger partial charge in [-0.25, -0.2) is 4.39 Å². The van der Waals surface area contributed by atoms with Crippen molar-refractivity contribution in [2.45, 2.75) is 81.8 Å². The van der Waals surface area contributed by atoms with Gasteiger partial charge in [0, 0.05) is 30.4 Å². The molecule has 1 aromatic heterocycles. The minimum absolute atomic E-state index is 0.0193. The van der Waals surface area contributed by atoms with Crippen LogP contribution in [0, 0.1) is 17.7 Å². The van der Waals surface area contributed by atoms with Crippen molar-refractivity contribution in [3.8, 4) is 0 Å². The van der Waals surface area contributed by atoms with Gasteiger partial charge < -0.3 is 26.0 Å². The van der Waals surface area contributed by atoms with Gasteiger partial charge >= 0.3 is 0 Å². The Kier molecular flexibility index (Phi) is 10.7. The lowest BCUT2D eigenvalue weighted by Crippen LogP contribution is -2.61. The van der Waals surface area contributed by atoms with Crippen LogP contribution >= 0.6 is 11.3 Å². The van der Waals surface area contributed by atoms with Crippen LogP contribution in [-0.2, 0) is 20.7 Å². The molecule has 0 bridgehead atoms. The van der Waals surface area contributed by atoms with Crippen LogP contribution in [0.1, 0.15) is 73.0 Å². The molecule has 3 aliphatic rings. The highest BCUT2D eigenvalue weighted by atomic mass is 32.1. The highest BCUT2D eigenvalue weighted by Gasteiger charge is 2.44. The normalized spacial score (nSPS) is 20.2. The maximum absolute atomic E-state index is 14.2. The third-order valence-corrected chi connectivity index (χ3v) is 11.2. The maximum Gasteiger partial charge on any atom is 0.262 e. The van der Waals surface area contributed by atoms with E-state index >= 15 is 0 Å². The van der Waals surface area contributed by atoms with E-state index in [1.54, 1.807) is 12.1 Å². The van der Waals surface area contributed by atoms with Crippen molar-refractivity contribution in [2.75, 3.05) is 26.3 Å². The van der Waals surface area contributed by atoms with Crippen molar-refractivity contribution < 1.29 is 23.5 Å². The van der Waals surface area contributed by atoms with Crippen LogP contribution in [0.2, 0.25) is 0 Å². The zero-order chi connectivity index (χ0) is 31.9. The number of rotatable bonds is 11. The molecular weight excluding hydrogens is 603 g/mol. The molecule has 2 aliphatic heterocycles. The monoisotopic (exact) mass is 648 g/mol. The van der Waals surface area contributed by atoms with Gasteiger partial charge in [-0.1, -0.05) is 49.2 Å². The van der Waals surface area contributed by atoms with Crippen LogP contribution in [0.3, 0.4) is 0 Å². The number of piperidine rings is 1. The van der Waals surface area contributed by atoms with Gasteiger partial charge in [-0.2, -0.15) is 0 Å². The first-order valence-electron chi connectivity index (χ1n) is 16.8. The first-order valence-corrected chi connectivity index (χ1v) is 17.7. The third kappa shape index (κ3) is 7.96. The summed E-state index contributed by atoms with van der Waals surface area (Å²) < 4.78 is 20.1. The van der Waals surface area contributed by atoms with E-state index in [4.69, 9.17) is 4.74 Å². The number of ether oxygens (including phenoxy) is 1. The van der Waals surface area contributed by atoms with E-state index in [0.717, 1.165) is 82.2 Å². The standard InChI is InChI=1S/C36H45FN4O4S/c37-28-9-8-27-22-32(46-31(27)23-28)34(43)41-36(14-4-5-15-36)35(44)40-30(21-24-6-2-1-3-7-24)33(42)39-29(26-10-16-38-17-11-26)20-25-12-18-45-19-13-25/h1-3,6-9,22-23,25-26,29-30,38H,4-5,10-21H2,(H,39,42)(H,40,44)(H,41,43)/t29-,30?/m1/s1. The first-order chi connectivity index (χ1) is 22.4. The number of thiophene rings is 1. The predicted molar refractivity (Wildman–Crippen MR) is 178 cm³/mol. The Bertz CT molecular complexity index is 1500. The van der Waals surface area contributed by atoms with E-state index in [1.807, 2.05) is 30.3 Å². The van der Waals surface area contributed by atoms with Gasteiger partial charge in [-0.15, -0.1) is 11.3 Å². The summed E-state index contributed by atoms with van der Waals surface area (Å²) >= 11 is 1.21. The molecule has 0 radical (unpaired) electrons. The molecule has 2 atom stereocenters. The van der Waals surface area contributed by atoms with E-state index in [0.29, 0.717) is 40.7 Å². The lowest BCUT2D eigenvalue weighted by atomic mass is 9.82. The Morgan fingerprint density at radius 2 is 1.70 bits per heavy atom. The van der Waals surface area contributed by atoms with E-state index in [9.17, 15) is 18.8 Å². The fourth-order valence-corrected chi connectivity index (χ4v) is 8.36. The number of benzene rings is 2. The molecule has 1 unspecified atom stereocenters. The zero-order valence-corrected chi connectivity index (χ0v) is 27.1. The lowest BCUT2D eigenvalue weighted by molar-refractivity contribution is -0.133. The van der Waals surface area contributed by atoms with Crippen molar-refractivity contribution in [2.24, 2.45) is 11.8 Å². The minimum atomic E-state index is -1.12. The number of nitrogens with one attached hydrogen (secondary N) is 4. The topological polar surface area (TPSA) is 109 Å². The number of hydrogen-bond acceptors (Lipinski definition) is 6. The molecule has 1 aliphatic carbocycles. The molecule has 3 amide bonds. The van der Waals surface area contributed by atoms with Crippen molar-refractivity contribution in [3.63, 3.8) is 0 Å². The second kappa shape index (κ2) is 15.0. The summed E-state index contributed by atoms with van der Waals surface area (Å²) in [5.74, 6) is -0.353. The van der Waals surface area contributed by atoms with Gasteiger partial charge in [-0.05, 0) is 99.0 Å². The number of halogens is 1. The molecule has 10 heteroatoms. The number of carbonyl (C=O) groups is 3. The average molecular weight is 649 g/mol. The highest BCUT2D eigenvalue weighted by molar-refractivity contribution is 7.20. The van der Waals surface area contributed by atoms with Crippen molar-refractivity contribution in [3.05, 3.63) is 70.9 Å². The summed E-state index contributed by atoms with van der Waals surface area (Å²) in [5.41, 5.74) is -0.169. The Labute approximate surface area is 274 Å². The maximum atomic E-state index is 14.2. The van der Waals surface area contributed by atoms with Crippen LogP contribution in [-0.4, -0.2) is 61.6 Å². The summed E-state index contributed by atoms with van der Waals surface area (Å²) in [6.45, 7) is 3.39.